The first-order chi connectivity index (χ1) is 13.2. The summed E-state index contributed by atoms with van der Waals surface area (Å²) >= 11 is 1.23. The first kappa shape index (κ1) is 21.5. The molecule has 1 aromatic heterocycles. The van der Waals surface area contributed by atoms with Crippen molar-refractivity contribution in [1.82, 2.24) is 5.32 Å². The van der Waals surface area contributed by atoms with Crippen molar-refractivity contribution in [3.8, 4) is 0 Å². The number of carbonyl (C=O) groups is 3. The Morgan fingerprint density at radius 1 is 1.07 bits per heavy atom. The number of rotatable bonds is 7. The van der Waals surface area contributed by atoms with Crippen LogP contribution in [0.4, 0.5) is 14.5 Å². The molecule has 0 radical (unpaired) electrons. The van der Waals surface area contributed by atoms with E-state index in [9.17, 15) is 23.2 Å². The van der Waals surface area contributed by atoms with Gasteiger partial charge in [-0.05, 0) is 36.4 Å². The minimum Gasteiger partial charge on any atom is -0.451 e. The lowest BCUT2D eigenvalue weighted by Gasteiger charge is -2.22. The van der Waals surface area contributed by atoms with Gasteiger partial charge in [-0.1, -0.05) is 19.9 Å². The summed E-state index contributed by atoms with van der Waals surface area (Å²) in [5.74, 6) is -4.33. The number of ether oxygens (including phenoxy) is 1. The maximum Gasteiger partial charge on any atom is 0.329 e. The quantitative estimate of drug-likeness (QED) is 0.686. The molecule has 1 heterocycles. The molecule has 0 aliphatic carbocycles. The molecule has 0 spiro atoms. The highest BCUT2D eigenvalue weighted by molar-refractivity contribution is 7.12. The van der Waals surface area contributed by atoms with Crippen LogP contribution < -0.4 is 10.6 Å². The molecule has 0 aliphatic rings. The highest BCUT2D eigenvalue weighted by Crippen LogP contribution is 2.15. The largest absolute Gasteiger partial charge is 0.451 e. The number of carbonyl (C=O) groups excluding carboxylic acids is 3. The number of amides is 2. The summed E-state index contributed by atoms with van der Waals surface area (Å²) in [4.78, 5) is 37.2. The van der Waals surface area contributed by atoms with Gasteiger partial charge in [0.25, 0.3) is 11.8 Å². The molecule has 0 fully saturated rings. The Kier molecular flexibility index (Phi) is 7.22. The van der Waals surface area contributed by atoms with Crippen molar-refractivity contribution in [2.24, 2.45) is 5.92 Å². The van der Waals surface area contributed by atoms with E-state index in [2.05, 4.69) is 10.6 Å². The molecule has 2 atom stereocenters. The smallest absolute Gasteiger partial charge is 0.329 e. The fraction of sp³-hybridized carbons (Fsp3) is 0.316. The molecule has 2 rings (SSSR count). The molecule has 2 N–H and O–H groups in total. The van der Waals surface area contributed by atoms with Gasteiger partial charge in [-0.15, -0.1) is 11.3 Å². The number of thiophene rings is 1. The van der Waals surface area contributed by atoms with Crippen LogP contribution in [0, 0.1) is 17.6 Å². The monoisotopic (exact) mass is 410 g/mol. The average Bonchev–Trinajstić information content (AvgIpc) is 3.16. The second-order valence-electron chi connectivity index (χ2n) is 6.37. The average molecular weight is 410 g/mol. The normalized spacial score (nSPS) is 12.9. The van der Waals surface area contributed by atoms with E-state index in [4.69, 9.17) is 4.74 Å². The van der Waals surface area contributed by atoms with Crippen molar-refractivity contribution >= 4 is 34.8 Å². The molecule has 28 heavy (non-hydrogen) atoms. The lowest BCUT2D eigenvalue weighted by molar-refractivity contribution is -0.156. The van der Waals surface area contributed by atoms with E-state index in [0.29, 0.717) is 4.88 Å². The van der Waals surface area contributed by atoms with Crippen LogP contribution in [0.25, 0.3) is 0 Å². The summed E-state index contributed by atoms with van der Waals surface area (Å²) in [6, 6.07) is 5.26. The van der Waals surface area contributed by atoms with Crippen LogP contribution in [-0.2, 0) is 14.3 Å². The number of anilines is 1. The summed E-state index contributed by atoms with van der Waals surface area (Å²) in [6.07, 6.45) is -1.21. The van der Waals surface area contributed by atoms with E-state index >= 15 is 0 Å². The molecule has 9 heteroatoms. The molecule has 1 aromatic carbocycles. The molecule has 0 saturated carbocycles. The molecule has 150 valence electrons. The van der Waals surface area contributed by atoms with Gasteiger partial charge in [0.1, 0.15) is 6.04 Å². The predicted molar refractivity (Wildman–Crippen MR) is 101 cm³/mol. The molecular formula is C19H20F2N2O4S. The first-order valence-corrected chi connectivity index (χ1v) is 9.37. The number of hydrogen-bond acceptors (Lipinski definition) is 5. The van der Waals surface area contributed by atoms with E-state index in [1.54, 1.807) is 31.4 Å². The molecule has 2 amide bonds. The fourth-order valence-electron chi connectivity index (χ4n) is 2.24. The number of esters is 1. The molecule has 6 nitrogen and oxygen atoms in total. The van der Waals surface area contributed by atoms with Gasteiger partial charge in [-0.25, -0.2) is 13.6 Å². The minimum absolute atomic E-state index is 0.0261. The zero-order valence-corrected chi connectivity index (χ0v) is 16.3. The zero-order chi connectivity index (χ0) is 20.8. The SMILES string of the molecule is CC(C)[C@H](NC(=O)c1cccs1)C(=O)O[C@@H](C)C(=O)Nc1ccc(F)c(F)c1. The second-order valence-corrected chi connectivity index (χ2v) is 7.32. The van der Waals surface area contributed by atoms with Crippen molar-refractivity contribution in [3.63, 3.8) is 0 Å². The third-order valence-corrected chi connectivity index (χ3v) is 4.67. The summed E-state index contributed by atoms with van der Waals surface area (Å²) < 4.78 is 31.3. The van der Waals surface area contributed by atoms with Crippen LogP contribution in [0.3, 0.4) is 0 Å². The van der Waals surface area contributed by atoms with Crippen LogP contribution >= 0.6 is 11.3 Å². The number of halogens is 2. The van der Waals surface area contributed by atoms with Gasteiger partial charge in [-0.2, -0.15) is 0 Å². The van der Waals surface area contributed by atoms with E-state index in [0.717, 1.165) is 12.1 Å². The van der Waals surface area contributed by atoms with Gasteiger partial charge in [0.05, 0.1) is 4.88 Å². The van der Waals surface area contributed by atoms with Crippen LogP contribution in [-0.4, -0.2) is 29.9 Å². The standard InChI is InChI=1S/C19H20F2N2O4S/c1-10(2)16(23-18(25)15-5-4-8-28-15)19(26)27-11(3)17(24)22-12-6-7-13(20)14(21)9-12/h4-11,16H,1-3H3,(H,22,24)(H,23,25)/t11-,16-/m0/s1. The van der Waals surface area contributed by atoms with E-state index < -0.39 is 41.6 Å². The maximum atomic E-state index is 13.2. The van der Waals surface area contributed by atoms with Gasteiger partial charge in [0.2, 0.25) is 0 Å². The summed E-state index contributed by atoms with van der Waals surface area (Å²) in [5.41, 5.74) is 0.0261. The van der Waals surface area contributed by atoms with Crippen molar-refractivity contribution in [3.05, 3.63) is 52.2 Å². The highest BCUT2D eigenvalue weighted by Gasteiger charge is 2.29. The van der Waals surface area contributed by atoms with Crippen LogP contribution in [0.1, 0.15) is 30.4 Å². The van der Waals surface area contributed by atoms with Gasteiger partial charge < -0.3 is 15.4 Å². The van der Waals surface area contributed by atoms with E-state index in [1.165, 1.54) is 24.3 Å². The Bertz CT molecular complexity index is 856. The second kappa shape index (κ2) is 9.41. The number of nitrogens with one attached hydrogen (secondary N) is 2. The maximum absolute atomic E-state index is 13.2. The van der Waals surface area contributed by atoms with Crippen molar-refractivity contribution in [1.29, 1.82) is 0 Å². The lowest BCUT2D eigenvalue weighted by Crippen LogP contribution is -2.47. The Morgan fingerprint density at radius 3 is 2.36 bits per heavy atom. The molecule has 0 saturated heterocycles. The van der Waals surface area contributed by atoms with Crippen LogP contribution in [0.5, 0.6) is 0 Å². The van der Waals surface area contributed by atoms with Crippen LogP contribution in [0.15, 0.2) is 35.7 Å². The topological polar surface area (TPSA) is 84.5 Å². The first-order valence-electron chi connectivity index (χ1n) is 8.49. The van der Waals surface area contributed by atoms with Gasteiger partial charge in [-0.3, -0.25) is 9.59 Å². The van der Waals surface area contributed by atoms with Gasteiger partial charge in [0.15, 0.2) is 17.7 Å². The number of benzene rings is 1. The van der Waals surface area contributed by atoms with Crippen molar-refractivity contribution < 1.29 is 27.9 Å². The third kappa shape index (κ3) is 5.59. The molecule has 0 unspecified atom stereocenters. The number of hydrogen-bond donors (Lipinski definition) is 2. The van der Waals surface area contributed by atoms with Crippen molar-refractivity contribution in [2.45, 2.75) is 32.9 Å². The lowest BCUT2D eigenvalue weighted by atomic mass is 10.0. The van der Waals surface area contributed by atoms with E-state index in [-0.39, 0.29) is 11.6 Å². The Balaban J connectivity index is 1.98. The van der Waals surface area contributed by atoms with Gasteiger partial charge >= 0.3 is 5.97 Å². The molecule has 0 aliphatic heterocycles. The fourth-order valence-corrected chi connectivity index (χ4v) is 2.86. The van der Waals surface area contributed by atoms with Crippen molar-refractivity contribution in [2.75, 3.05) is 5.32 Å². The summed E-state index contributed by atoms with van der Waals surface area (Å²) in [7, 11) is 0. The van der Waals surface area contributed by atoms with Crippen LogP contribution in [0.2, 0.25) is 0 Å². The highest BCUT2D eigenvalue weighted by atomic mass is 32.1. The zero-order valence-electron chi connectivity index (χ0n) is 15.5. The predicted octanol–water partition coefficient (Wildman–Crippen LogP) is 3.35. The van der Waals surface area contributed by atoms with Gasteiger partial charge in [0, 0.05) is 11.8 Å². The Morgan fingerprint density at radius 2 is 1.79 bits per heavy atom. The minimum atomic E-state index is -1.21. The third-order valence-electron chi connectivity index (χ3n) is 3.80. The summed E-state index contributed by atoms with van der Waals surface area (Å²) in [6.45, 7) is 4.80. The Hall–Kier alpha value is -2.81. The molecule has 2 aromatic rings. The van der Waals surface area contributed by atoms with E-state index in [1.807, 2.05) is 0 Å². The molecule has 0 bridgehead atoms. The Labute approximate surface area is 164 Å². The summed E-state index contributed by atoms with van der Waals surface area (Å²) in [5, 5.41) is 6.68. The molecular weight excluding hydrogens is 390 g/mol.